The molecule has 0 fully saturated rings. The molecule has 0 heterocycles. The Bertz CT molecular complexity index is 522. The Morgan fingerprint density at radius 3 is 2.60 bits per heavy atom. The SMILES string of the molecule is N#Cc1ccc(NC(=O)CNCCF)cc1C(F)(F)F. The van der Waals surface area contributed by atoms with Crippen molar-refractivity contribution in [3.05, 3.63) is 29.3 Å². The zero-order chi connectivity index (χ0) is 15.2. The molecule has 0 aromatic heterocycles. The predicted octanol–water partition coefficient (Wildman–Crippen LogP) is 2.07. The Morgan fingerprint density at radius 1 is 1.35 bits per heavy atom. The van der Waals surface area contributed by atoms with E-state index in [1.54, 1.807) is 0 Å². The van der Waals surface area contributed by atoms with E-state index < -0.39 is 29.9 Å². The van der Waals surface area contributed by atoms with Gasteiger partial charge in [0.15, 0.2) is 0 Å². The van der Waals surface area contributed by atoms with Crippen LogP contribution in [-0.4, -0.2) is 25.7 Å². The van der Waals surface area contributed by atoms with Crippen LogP contribution in [0.25, 0.3) is 0 Å². The molecule has 108 valence electrons. The number of hydrogen-bond donors (Lipinski definition) is 2. The fourth-order valence-corrected chi connectivity index (χ4v) is 1.43. The Hall–Kier alpha value is -2.14. The maximum atomic E-state index is 12.7. The molecule has 0 saturated heterocycles. The van der Waals surface area contributed by atoms with Gasteiger partial charge in [-0.25, -0.2) is 4.39 Å². The van der Waals surface area contributed by atoms with Crippen molar-refractivity contribution < 1.29 is 22.4 Å². The summed E-state index contributed by atoms with van der Waals surface area (Å²) in [6, 6.07) is 4.30. The number of alkyl halides is 4. The lowest BCUT2D eigenvalue weighted by molar-refractivity contribution is -0.137. The molecule has 20 heavy (non-hydrogen) atoms. The molecule has 0 radical (unpaired) electrons. The molecular weight excluding hydrogens is 278 g/mol. The highest BCUT2D eigenvalue weighted by atomic mass is 19.4. The van der Waals surface area contributed by atoms with Crippen molar-refractivity contribution in [3.8, 4) is 6.07 Å². The van der Waals surface area contributed by atoms with E-state index in [1.165, 1.54) is 12.1 Å². The van der Waals surface area contributed by atoms with Crippen molar-refractivity contribution >= 4 is 11.6 Å². The lowest BCUT2D eigenvalue weighted by Crippen LogP contribution is -2.29. The van der Waals surface area contributed by atoms with E-state index in [0.29, 0.717) is 6.07 Å². The van der Waals surface area contributed by atoms with Gasteiger partial charge in [0, 0.05) is 12.2 Å². The Kier molecular flexibility index (Phi) is 5.46. The lowest BCUT2D eigenvalue weighted by atomic mass is 10.1. The molecule has 0 atom stereocenters. The molecule has 0 aliphatic heterocycles. The van der Waals surface area contributed by atoms with Gasteiger partial charge in [-0.1, -0.05) is 0 Å². The average Bonchev–Trinajstić information content (AvgIpc) is 2.38. The first kappa shape index (κ1) is 15.9. The van der Waals surface area contributed by atoms with Crippen LogP contribution in [-0.2, 0) is 11.0 Å². The van der Waals surface area contributed by atoms with Crippen LogP contribution in [0.5, 0.6) is 0 Å². The molecule has 1 aromatic rings. The number of benzene rings is 1. The zero-order valence-corrected chi connectivity index (χ0v) is 10.2. The molecule has 0 aliphatic rings. The molecule has 1 rings (SSSR count). The lowest BCUT2D eigenvalue weighted by Gasteiger charge is -2.11. The van der Waals surface area contributed by atoms with Gasteiger partial charge in [-0.05, 0) is 18.2 Å². The Balaban J connectivity index is 2.83. The number of carbonyl (C=O) groups excluding carboxylic acids is 1. The first-order chi connectivity index (χ1) is 9.38. The summed E-state index contributed by atoms with van der Waals surface area (Å²) in [5, 5.41) is 13.3. The minimum Gasteiger partial charge on any atom is -0.325 e. The highest BCUT2D eigenvalue weighted by Crippen LogP contribution is 2.33. The molecule has 0 bridgehead atoms. The number of nitrogens with zero attached hydrogens (tertiary/aromatic N) is 1. The fraction of sp³-hybridized carbons (Fsp3) is 0.333. The van der Waals surface area contributed by atoms with Crippen molar-refractivity contribution in [2.45, 2.75) is 6.18 Å². The summed E-state index contributed by atoms with van der Waals surface area (Å²) in [5.41, 5.74) is -1.72. The third kappa shape index (κ3) is 4.51. The summed E-state index contributed by atoms with van der Waals surface area (Å²) in [7, 11) is 0. The number of nitriles is 1. The molecule has 4 nitrogen and oxygen atoms in total. The third-order valence-electron chi connectivity index (χ3n) is 2.29. The van der Waals surface area contributed by atoms with E-state index in [1.807, 2.05) is 0 Å². The Labute approximate surface area is 112 Å². The molecule has 8 heteroatoms. The van der Waals surface area contributed by atoms with Gasteiger partial charge in [-0.3, -0.25) is 4.79 Å². The summed E-state index contributed by atoms with van der Waals surface area (Å²) in [6.45, 7) is -0.887. The Morgan fingerprint density at radius 2 is 2.05 bits per heavy atom. The van der Waals surface area contributed by atoms with Crippen molar-refractivity contribution in [2.24, 2.45) is 0 Å². The fourth-order valence-electron chi connectivity index (χ4n) is 1.43. The number of anilines is 1. The molecule has 1 amide bonds. The number of halogens is 4. The van der Waals surface area contributed by atoms with E-state index in [2.05, 4.69) is 10.6 Å². The number of hydrogen-bond acceptors (Lipinski definition) is 3. The second-order valence-electron chi connectivity index (χ2n) is 3.78. The van der Waals surface area contributed by atoms with Gasteiger partial charge in [-0.15, -0.1) is 0 Å². The standard InChI is InChI=1S/C12H11F4N3O/c13-3-4-18-7-11(20)19-9-2-1-8(6-17)10(5-9)12(14,15)16/h1-2,5,18H,3-4,7H2,(H,19,20). The number of nitrogens with one attached hydrogen (secondary N) is 2. The van der Waals surface area contributed by atoms with Gasteiger partial charge >= 0.3 is 6.18 Å². The summed E-state index contributed by atoms with van der Waals surface area (Å²) in [5.74, 6) is -0.601. The number of carbonyl (C=O) groups is 1. The second-order valence-corrected chi connectivity index (χ2v) is 3.78. The van der Waals surface area contributed by atoms with Crippen LogP contribution in [0.4, 0.5) is 23.2 Å². The molecule has 0 spiro atoms. The maximum Gasteiger partial charge on any atom is 0.417 e. The normalized spacial score (nSPS) is 10.9. The van der Waals surface area contributed by atoms with Gasteiger partial charge in [0.25, 0.3) is 0 Å². The number of amides is 1. The van der Waals surface area contributed by atoms with Gasteiger partial charge < -0.3 is 10.6 Å². The highest BCUT2D eigenvalue weighted by molar-refractivity contribution is 5.92. The summed E-state index contributed by atoms with van der Waals surface area (Å²) in [6.07, 6.45) is -4.68. The van der Waals surface area contributed by atoms with Gasteiger partial charge in [0.2, 0.25) is 5.91 Å². The average molecular weight is 289 g/mol. The van der Waals surface area contributed by atoms with Crippen LogP contribution in [0.1, 0.15) is 11.1 Å². The van der Waals surface area contributed by atoms with Gasteiger partial charge in [-0.2, -0.15) is 18.4 Å². The molecule has 0 saturated carbocycles. The van der Waals surface area contributed by atoms with Crippen LogP contribution in [0, 0.1) is 11.3 Å². The van der Waals surface area contributed by atoms with Crippen LogP contribution < -0.4 is 10.6 Å². The van der Waals surface area contributed by atoms with E-state index in [9.17, 15) is 22.4 Å². The van der Waals surface area contributed by atoms with Crippen LogP contribution in [0.2, 0.25) is 0 Å². The van der Waals surface area contributed by atoms with Gasteiger partial charge in [0.1, 0.15) is 6.67 Å². The van der Waals surface area contributed by atoms with Crippen LogP contribution >= 0.6 is 0 Å². The van der Waals surface area contributed by atoms with E-state index in [0.717, 1.165) is 6.07 Å². The minimum absolute atomic E-state index is 0.0193. The zero-order valence-electron chi connectivity index (χ0n) is 10.2. The topological polar surface area (TPSA) is 64.9 Å². The minimum atomic E-state index is -4.68. The molecule has 0 unspecified atom stereocenters. The first-order valence-corrected chi connectivity index (χ1v) is 5.56. The third-order valence-corrected chi connectivity index (χ3v) is 2.29. The molecular formula is C12H11F4N3O. The summed E-state index contributed by atoms with van der Waals surface area (Å²) in [4.78, 5) is 11.4. The maximum absolute atomic E-state index is 12.7. The van der Waals surface area contributed by atoms with Crippen molar-refractivity contribution in [2.75, 3.05) is 25.1 Å². The van der Waals surface area contributed by atoms with E-state index >= 15 is 0 Å². The second kappa shape index (κ2) is 6.86. The molecule has 1 aromatic carbocycles. The molecule has 0 aliphatic carbocycles. The summed E-state index contributed by atoms with van der Waals surface area (Å²) >= 11 is 0. The van der Waals surface area contributed by atoms with Crippen LogP contribution in [0.15, 0.2) is 18.2 Å². The van der Waals surface area contributed by atoms with Crippen molar-refractivity contribution in [1.29, 1.82) is 5.26 Å². The smallest absolute Gasteiger partial charge is 0.325 e. The van der Waals surface area contributed by atoms with Gasteiger partial charge in [0.05, 0.1) is 23.7 Å². The van der Waals surface area contributed by atoms with E-state index in [-0.39, 0.29) is 18.8 Å². The largest absolute Gasteiger partial charge is 0.417 e. The van der Waals surface area contributed by atoms with Crippen LogP contribution in [0.3, 0.4) is 0 Å². The number of rotatable bonds is 5. The van der Waals surface area contributed by atoms with E-state index in [4.69, 9.17) is 5.26 Å². The monoisotopic (exact) mass is 289 g/mol. The molecule has 2 N–H and O–H groups in total. The first-order valence-electron chi connectivity index (χ1n) is 5.56. The predicted molar refractivity (Wildman–Crippen MR) is 63.6 cm³/mol. The highest BCUT2D eigenvalue weighted by Gasteiger charge is 2.33. The summed E-state index contributed by atoms with van der Waals surface area (Å²) < 4.78 is 49.8. The van der Waals surface area contributed by atoms with Crippen molar-refractivity contribution in [1.82, 2.24) is 5.32 Å². The quantitative estimate of drug-likeness (QED) is 0.644. The van der Waals surface area contributed by atoms with Crippen molar-refractivity contribution in [3.63, 3.8) is 0 Å².